The first-order chi connectivity index (χ1) is 10.6. The fraction of sp³-hybridized carbons (Fsp3) is 0.714. The molecular formula is C14H20O8S. The van der Waals surface area contributed by atoms with E-state index in [-0.39, 0.29) is 5.12 Å². The van der Waals surface area contributed by atoms with E-state index in [1.54, 1.807) is 6.92 Å². The minimum atomic E-state index is -1.21. The van der Waals surface area contributed by atoms with Gasteiger partial charge in [-0.25, -0.2) is 0 Å². The maximum Gasteiger partial charge on any atom is 0.305 e. The quantitative estimate of drug-likeness (QED) is 0.527. The van der Waals surface area contributed by atoms with E-state index in [4.69, 9.17) is 18.9 Å². The minimum absolute atomic E-state index is 0.150. The average Bonchev–Trinajstić information content (AvgIpc) is 2.65. The molecule has 1 heterocycles. The Kier molecular flexibility index (Phi) is 7.01. The second-order valence-corrected chi connectivity index (χ2v) is 6.60. The number of hydrogen-bond acceptors (Lipinski definition) is 9. The SMILES string of the molecule is CC(=O)OC1O[C@H]([C@H](C)SC(C)=O)[C@@H](OC(C)=O)[C@@H]1OC(C)=O. The van der Waals surface area contributed by atoms with Gasteiger partial charge in [-0.15, -0.1) is 0 Å². The zero-order valence-electron chi connectivity index (χ0n) is 13.6. The van der Waals surface area contributed by atoms with Crippen molar-refractivity contribution in [3.63, 3.8) is 0 Å². The Hall–Kier alpha value is -1.61. The van der Waals surface area contributed by atoms with Gasteiger partial charge in [0, 0.05) is 32.9 Å². The third-order valence-corrected chi connectivity index (χ3v) is 3.88. The van der Waals surface area contributed by atoms with Crippen LogP contribution in [0.2, 0.25) is 0 Å². The molecule has 1 aliphatic rings. The number of carbonyl (C=O) groups excluding carboxylic acids is 4. The van der Waals surface area contributed by atoms with E-state index in [0.717, 1.165) is 11.8 Å². The first kappa shape index (κ1) is 19.4. The minimum Gasteiger partial charge on any atom is -0.455 e. The molecule has 1 fully saturated rings. The van der Waals surface area contributed by atoms with Crippen LogP contribution in [0.1, 0.15) is 34.6 Å². The summed E-state index contributed by atoms with van der Waals surface area (Å²) in [6, 6.07) is 0. The molecule has 1 saturated heterocycles. The molecule has 1 aliphatic heterocycles. The van der Waals surface area contributed by atoms with Gasteiger partial charge in [-0.3, -0.25) is 19.2 Å². The van der Waals surface area contributed by atoms with Gasteiger partial charge in [0.2, 0.25) is 12.4 Å². The fourth-order valence-corrected chi connectivity index (χ4v) is 3.13. The van der Waals surface area contributed by atoms with Crippen molar-refractivity contribution in [2.45, 2.75) is 64.5 Å². The Balaban J connectivity index is 3.06. The molecule has 0 aromatic carbocycles. The summed E-state index contributed by atoms with van der Waals surface area (Å²) in [6.45, 7) is 6.65. The van der Waals surface area contributed by atoms with Crippen molar-refractivity contribution in [2.24, 2.45) is 0 Å². The summed E-state index contributed by atoms with van der Waals surface area (Å²) in [5.74, 6) is -1.88. The van der Waals surface area contributed by atoms with Crippen molar-refractivity contribution in [2.75, 3.05) is 0 Å². The topological polar surface area (TPSA) is 105 Å². The summed E-state index contributed by atoms with van der Waals surface area (Å²) < 4.78 is 20.9. The summed E-state index contributed by atoms with van der Waals surface area (Å²) in [6.07, 6.45) is -4.06. The monoisotopic (exact) mass is 348 g/mol. The van der Waals surface area contributed by atoms with Gasteiger partial charge >= 0.3 is 17.9 Å². The molecule has 23 heavy (non-hydrogen) atoms. The van der Waals surface area contributed by atoms with Crippen LogP contribution in [-0.2, 0) is 38.1 Å². The highest BCUT2D eigenvalue weighted by atomic mass is 32.2. The van der Waals surface area contributed by atoms with E-state index in [0.29, 0.717) is 0 Å². The lowest BCUT2D eigenvalue weighted by molar-refractivity contribution is -0.195. The molecule has 0 spiro atoms. The van der Waals surface area contributed by atoms with Gasteiger partial charge in [0.15, 0.2) is 11.2 Å². The van der Waals surface area contributed by atoms with E-state index >= 15 is 0 Å². The smallest absolute Gasteiger partial charge is 0.305 e. The average molecular weight is 348 g/mol. The van der Waals surface area contributed by atoms with Crippen LogP contribution in [0.5, 0.6) is 0 Å². The van der Waals surface area contributed by atoms with E-state index in [1.165, 1.54) is 27.7 Å². The molecule has 0 aromatic heterocycles. The molecule has 5 atom stereocenters. The molecule has 9 heteroatoms. The molecule has 1 rings (SSSR count). The molecule has 0 aliphatic carbocycles. The second kappa shape index (κ2) is 8.30. The highest BCUT2D eigenvalue weighted by Crippen LogP contribution is 2.34. The Morgan fingerprint density at radius 1 is 0.870 bits per heavy atom. The third kappa shape index (κ3) is 5.83. The van der Waals surface area contributed by atoms with Gasteiger partial charge in [0.05, 0.1) is 0 Å². The standard InChI is InChI=1S/C14H20O8S/c1-6(23-10(5)18)11-12(19-7(2)15)13(20-8(3)16)14(22-11)21-9(4)17/h6,11-14H,1-5H3/t6-,11+,12+,13-,14?/m0/s1. The van der Waals surface area contributed by atoms with Crippen molar-refractivity contribution in [1.82, 2.24) is 0 Å². The van der Waals surface area contributed by atoms with Crippen LogP contribution in [0.3, 0.4) is 0 Å². The Bertz CT molecular complexity index is 491. The van der Waals surface area contributed by atoms with Gasteiger partial charge in [0.1, 0.15) is 6.10 Å². The first-order valence-corrected chi connectivity index (χ1v) is 7.84. The first-order valence-electron chi connectivity index (χ1n) is 6.96. The van der Waals surface area contributed by atoms with Gasteiger partial charge in [-0.2, -0.15) is 0 Å². The lowest BCUT2D eigenvalue weighted by Crippen LogP contribution is -2.43. The normalized spacial score (nSPS) is 27.9. The number of carbonyl (C=O) groups is 4. The molecule has 0 amide bonds. The zero-order valence-corrected chi connectivity index (χ0v) is 14.4. The number of hydrogen-bond donors (Lipinski definition) is 0. The number of esters is 3. The molecule has 130 valence electrons. The van der Waals surface area contributed by atoms with E-state index in [1.807, 2.05) is 0 Å². The Morgan fingerprint density at radius 2 is 1.35 bits per heavy atom. The highest BCUT2D eigenvalue weighted by molar-refractivity contribution is 8.14. The van der Waals surface area contributed by atoms with Crippen LogP contribution < -0.4 is 0 Å². The summed E-state index contributed by atoms with van der Waals surface area (Å²) in [7, 11) is 0. The molecular weight excluding hydrogens is 328 g/mol. The summed E-state index contributed by atoms with van der Waals surface area (Å²) in [5.41, 5.74) is 0. The maximum atomic E-state index is 11.4. The van der Waals surface area contributed by atoms with Crippen LogP contribution in [0.4, 0.5) is 0 Å². The van der Waals surface area contributed by atoms with Gasteiger partial charge in [-0.05, 0) is 0 Å². The second-order valence-electron chi connectivity index (χ2n) is 5.04. The lowest BCUT2D eigenvalue weighted by Gasteiger charge is -2.25. The van der Waals surface area contributed by atoms with Crippen molar-refractivity contribution >= 4 is 34.8 Å². The molecule has 1 unspecified atom stereocenters. The van der Waals surface area contributed by atoms with E-state index < -0.39 is 47.8 Å². The largest absolute Gasteiger partial charge is 0.455 e. The molecule has 0 bridgehead atoms. The lowest BCUT2D eigenvalue weighted by atomic mass is 10.1. The highest BCUT2D eigenvalue weighted by Gasteiger charge is 2.53. The molecule has 8 nitrogen and oxygen atoms in total. The molecule has 0 saturated carbocycles. The Labute approximate surface area is 138 Å². The van der Waals surface area contributed by atoms with Crippen LogP contribution in [0.25, 0.3) is 0 Å². The maximum absolute atomic E-state index is 11.4. The number of ether oxygens (including phenoxy) is 4. The summed E-state index contributed by atoms with van der Waals surface area (Å²) >= 11 is 0.988. The predicted molar refractivity (Wildman–Crippen MR) is 79.3 cm³/mol. The van der Waals surface area contributed by atoms with Crippen LogP contribution in [-0.4, -0.2) is 52.9 Å². The third-order valence-electron chi connectivity index (χ3n) is 2.91. The zero-order chi connectivity index (χ0) is 17.7. The van der Waals surface area contributed by atoms with Crippen LogP contribution in [0, 0.1) is 0 Å². The number of thioether (sulfide) groups is 1. The van der Waals surface area contributed by atoms with E-state index in [2.05, 4.69) is 0 Å². The fourth-order valence-electron chi connectivity index (χ4n) is 2.26. The van der Waals surface area contributed by atoms with Crippen molar-refractivity contribution in [1.29, 1.82) is 0 Å². The van der Waals surface area contributed by atoms with Gasteiger partial charge < -0.3 is 18.9 Å². The number of rotatable bonds is 5. The van der Waals surface area contributed by atoms with Crippen LogP contribution in [0.15, 0.2) is 0 Å². The molecule has 0 aromatic rings. The van der Waals surface area contributed by atoms with Crippen molar-refractivity contribution < 1.29 is 38.1 Å². The van der Waals surface area contributed by atoms with Crippen molar-refractivity contribution in [3.05, 3.63) is 0 Å². The summed E-state index contributed by atoms with van der Waals surface area (Å²) in [5, 5.41) is -0.557. The summed E-state index contributed by atoms with van der Waals surface area (Å²) in [4.78, 5) is 45.1. The van der Waals surface area contributed by atoms with Gasteiger partial charge in [-0.1, -0.05) is 18.7 Å². The molecule has 0 N–H and O–H groups in total. The van der Waals surface area contributed by atoms with Crippen molar-refractivity contribution in [3.8, 4) is 0 Å². The predicted octanol–water partition coefficient (Wildman–Crippen LogP) is 0.806. The van der Waals surface area contributed by atoms with Gasteiger partial charge in [0.25, 0.3) is 0 Å². The molecule has 0 radical (unpaired) electrons. The van der Waals surface area contributed by atoms with E-state index in [9.17, 15) is 19.2 Å². The van der Waals surface area contributed by atoms with Crippen LogP contribution >= 0.6 is 11.8 Å². The Morgan fingerprint density at radius 3 is 1.78 bits per heavy atom.